The lowest BCUT2D eigenvalue weighted by Gasteiger charge is -2.20. The maximum Gasteiger partial charge on any atom is 0.323 e. The Bertz CT molecular complexity index is 599. The third-order valence-electron chi connectivity index (χ3n) is 3.07. The fourth-order valence-electron chi connectivity index (χ4n) is 2.02. The number of nitrogens with zero attached hydrogens (tertiary/aromatic N) is 1. The van der Waals surface area contributed by atoms with Crippen molar-refractivity contribution in [2.24, 2.45) is 0 Å². The Morgan fingerprint density at radius 2 is 2.05 bits per heavy atom. The van der Waals surface area contributed by atoms with E-state index in [1.165, 1.54) is 19.1 Å². The van der Waals surface area contributed by atoms with E-state index in [-0.39, 0.29) is 17.5 Å². The highest BCUT2D eigenvalue weighted by Gasteiger charge is 2.35. The van der Waals surface area contributed by atoms with Crippen molar-refractivity contribution in [2.75, 3.05) is 11.9 Å². The summed E-state index contributed by atoms with van der Waals surface area (Å²) in [7, 11) is 0. The number of aliphatic carboxylic acids is 1. The zero-order valence-electron chi connectivity index (χ0n) is 11.4. The summed E-state index contributed by atoms with van der Waals surface area (Å²) in [5.41, 5.74) is 0.0488. The molecule has 1 aliphatic carbocycles. The summed E-state index contributed by atoms with van der Waals surface area (Å²) in [5.74, 6) is -2.91. The standard InChI is InChI=1S/C14H15FN2O4/c1-8(18)16-9-2-5-12(15)11(6-9)14(21)17(7-13(19)20)10-3-4-10/h2,5-6,10H,3-4,7H2,1H3,(H,16,18)(H,19,20). The molecule has 1 aromatic rings. The number of rotatable bonds is 5. The van der Waals surface area contributed by atoms with Gasteiger partial charge in [0.1, 0.15) is 12.4 Å². The van der Waals surface area contributed by atoms with Crippen LogP contribution < -0.4 is 5.32 Å². The van der Waals surface area contributed by atoms with Gasteiger partial charge in [-0.05, 0) is 31.0 Å². The maximum atomic E-state index is 13.8. The van der Waals surface area contributed by atoms with Gasteiger partial charge in [-0.25, -0.2) is 4.39 Å². The van der Waals surface area contributed by atoms with Gasteiger partial charge < -0.3 is 15.3 Å². The van der Waals surface area contributed by atoms with Crippen LogP contribution in [0, 0.1) is 5.82 Å². The molecule has 0 atom stereocenters. The summed E-state index contributed by atoms with van der Waals surface area (Å²) in [6, 6.07) is 3.48. The Kier molecular flexibility index (Phi) is 4.21. The van der Waals surface area contributed by atoms with Crippen molar-refractivity contribution in [2.45, 2.75) is 25.8 Å². The molecule has 1 aromatic carbocycles. The SMILES string of the molecule is CC(=O)Nc1ccc(F)c(C(=O)N(CC(=O)O)C2CC2)c1. The lowest BCUT2D eigenvalue weighted by Crippen LogP contribution is -2.37. The molecule has 0 aromatic heterocycles. The summed E-state index contributed by atoms with van der Waals surface area (Å²) in [6.45, 7) is 0.832. The van der Waals surface area contributed by atoms with Crippen LogP contribution in [0.2, 0.25) is 0 Å². The van der Waals surface area contributed by atoms with Gasteiger partial charge in [0.2, 0.25) is 5.91 Å². The van der Waals surface area contributed by atoms with Gasteiger partial charge >= 0.3 is 5.97 Å². The summed E-state index contributed by atoms with van der Waals surface area (Å²) < 4.78 is 13.8. The van der Waals surface area contributed by atoms with Crippen LogP contribution in [0.25, 0.3) is 0 Å². The predicted octanol–water partition coefficient (Wildman–Crippen LogP) is 1.47. The molecule has 7 heteroatoms. The van der Waals surface area contributed by atoms with Crippen molar-refractivity contribution < 1.29 is 23.9 Å². The molecule has 0 unspecified atom stereocenters. The van der Waals surface area contributed by atoms with E-state index in [4.69, 9.17) is 5.11 Å². The lowest BCUT2D eigenvalue weighted by molar-refractivity contribution is -0.137. The van der Waals surface area contributed by atoms with E-state index in [1.807, 2.05) is 0 Å². The van der Waals surface area contributed by atoms with Crippen molar-refractivity contribution in [1.82, 2.24) is 4.90 Å². The van der Waals surface area contributed by atoms with Gasteiger partial charge in [0.25, 0.3) is 5.91 Å². The molecule has 112 valence electrons. The van der Waals surface area contributed by atoms with E-state index in [0.717, 1.165) is 11.0 Å². The molecule has 21 heavy (non-hydrogen) atoms. The summed E-state index contributed by atoms with van der Waals surface area (Å²) in [4.78, 5) is 35.3. The summed E-state index contributed by atoms with van der Waals surface area (Å²) >= 11 is 0. The first-order chi connectivity index (χ1) is 9.88. The first kappa shape index (κ1) is 15.0. The first-order valence-electron chi connectivity index (χ1n) is 6.48. The number of hydrogen-bond acceptors (Lipinski definition) is 3. The fourth-order valence-corrected chi connectivity index (χ4v) is 2.02. The molecule has 0 saturated heterocycles. The zero-order chi connectivity index (χ0) is 15.6. The summed E-state index contributed by atoms with van der Waals surface area (Å²) in [6.07, 6.45) is 1.43. The second-order valence-corrected chi connectivity index (χ2v) is 4.93. The van der Waals surface area contributed by atoms with Crippen molar-refractivity contribution in [3.05, 3.63) is 29.6 Å². The third-order valence-corrected chi connectivity index (χ3v) is 3.07. The number of amides is 2. The Labute approximate surface area is 120 Å². The van der Waals surface area contributed by atoms with E-state index in [0.29, 0.717) is 18.5 Å². The van der Waals surface area contributed by atoms with Gasteiger partial charge in [-0.3, -0.25) is 14.4 Å². The van der Waals surface area contributed by atoms with Crippen molar-refractivity contribution in [3.8, 4) is 0 Å². The second kappa shape index (κ2) is 5.90. The highest BCUT2D eigenvalue weighted by molar-refractivity contribution is 5.98. The summed E-state index contributed by atoms with van der Waals surface area (Å²) in [5, 5.41) is 11.3. The van der Waals surface area contributed by atoms with E-state index in [2.05, 4.69) is 5.32 Å². The molecular formula is C14H15FN2O4. The number of carboxylic acids is 1. The van der Waals surface area contributed by atoms with Crippen LogP contribution in [0.1, 0.15) is 30.1 Å². The van der Waals surface area contributed by atoms with Gasteiger partial charge in [-0.15, -0.1) is 0 Å². The molecular weight excluding hydrogens is 279 g/mol. The van der Waals surface area contributed by atoms with E-state index in [1.54, 1.807) is 0 Å². The van der Waals surface area contributed by atoms with Crippen LogP contribution in [0.3, 0.4) is 0 Å². The fraction of sp³-hybridized carbons (Fsp3) is 0.357. The molecule has 1 fully saturated rings. The van der Waals surface area contributed by atoms with Crippen LogP contribution in [-0.4, -0.2) is 40.4 Å². The number of carboxylic acid groups (broad SMARTS) is 1. The van der Waals surface area contributed by atoms with Gasteiger partial charge in [-0.2, -0.15) is 0 Å². The van der Waals surface area contributed by atoms with Crippen LogP contribution in [0.4, 0.5) is 10.1 Å². The molecule has 0 bridgehead atoms. The third kappa shape index (κ3) is 3.77. The molecule has 2 amide bonds. The molecule has 2 N–H and O–H groups in total. The lowest BCUT2D eigenvalue weighted by atomic mass is 10.1. The molecule has 6 nitrogen and oxygen atoms in total. The Morgan fingerprint density at radius 3 is 2.57 bits per heavy atom. The molecule has 0 spiro atoms. The normalized spacial score (nSPS) is 13.6. The number of nitrogens with one attached hydrogen (secondary N) is 1. The molecule has 1 saturated carbocycles. The van der Waals surface area contributed by atoms with Gasteiger partial charge in [0.15, 0.2) is 0 Å². The van der Waals surface area contributed by atoms with Crippen molar-refractivity contribution in [3.63, 3.8) is 0 Å². The number of carbonyl (C=O) groups is 3. The Balaban J connectivity index is 2.27. The van der Waals surface area contributed by atoms with Gasteiger partial charge in [0.05, 0.1) is 5.56 Å². The highest BCUT2D eigenvalue weighted by atomic mass is 19.1. The largest absolute Gasteiger partial charge is 0.480 e. The van der Waals surface area contributed by atoms with Crippen molar-refractivity contribution in [1.29, 1.82) is 0 Å². The number of benzene rings is 1. The minimum Gasteiger partial charge on any atom is -0.480 e. The first-order valence-corrected chi connectivity index (χ1v) is 6.48. The minimum absolute atomic E-state index is 0.155. The van der Waals surface area contributed by atoms with Crippen LogP contribution in [-0.2, 0) is 9.59 Å². The molecule has 1 aliphatic rings. The molecule has 0 radical (unpaired) electrons. The average molecular weight is 294 g/mol. The molecule has 0 heterocycles. The highest BCUT2D eigenvalue weighted by Crippen LogP contribution is 2.29. The molecule has 0 aliphatic heterocycles. The van der Waals surface area contributed by atoms with Crippen LogP contribution in [0.5, 0.6) is 0 Å². The predicted molar refractivity (Wildman–Crippen MR) is 72.4 cm³/mol. The Morgan fingerprint density at radius 1 is 1.38 bits per heavy atom. The zero-order valence-corrected chi connectivity index (χ0v) is 11.4. The topological polar surface area (TPSA) is 86.7 Å². The monoisotopic (exact) mass is 294 g/mol. The van der Waals surface area contributed by atoms with Gasteiger partial charge in [0, 0.05) is 18.7 Å². The minimum atomic E-state index is -1.14. The number of halogens is 1. The quantitative estimate of drug-likeness (QED) is 0.861. The maximum absolute atomic E-state index is 13.8. The molecule has 2 rings (SSSR count). The second-order valence-electron chi connectivity index (χ2n) is 4.93. The number of anilines is 1. The van der Waals surface area contributed by atoms with E-state index < -0.39 is 24.2 Å². The van der Waals surface area contributed by atoms with Gasteiger partial charge in [-0.1, -0.05) is 0 Å². The smallest absolute Gasteiger partial charge is 0.323 e. The van der Waals surface area contributed by atoms with Crippen molar-refractivity contribution >= 4 is 23.5 Å². The van der Waals surface area contributed by atoms with Crippen LogP contribution in [0.15, 0.2) is 18.2 Å². The number of hydrogen-bond donors (Lipinski definition) is 2. The number of carbonyl (C=O) groups excluding carboxylic acids is 2. The Hall–Kier alpha value is -2.44. The van der Waals surface area contributed by atoms with Crippen LogP contribution >= 0.6 is 0 Å². The van der Waals surface area contributed by atoms with E-state index >= 15 is 0 Å². The van der Waals surface area contributed by atoms with E-state index in [9.17, 15) is 18.8 Å². The average Bonchev–Trinajstić information content (AvgIpc) is 3.21.